The van der Waals surface area contributed by atoms with E-state index >= 15 is 0 Å². The number of aryl methyl sites for hydroxylation is 1. The van der Waals surface area contributed by atoms with Gasteiger partial charge in [0.1, 0.15) is 5.82 Å². The molecular formula is C24H30F3N5O. The van der Waals surface area contributed by atoms with Gasteiger partial charge in [0.05, 0.1) is 5.52 Å². The van der Waals surface area contributed by atoms with E-state index in [9.17, 15) is 18.0 Å². The number of halogens is 3. The molecule has 1 aliphatic heterocycles. The molecule has 0 bridgehead atoms. The zero-order valence-electron chi connectivity index (χ0n) is 19.3. The zero-order valence-corrected chi connectivity index (χ0v) is 19.3. The van der Waals surface area contributed by atoms with Crippen molar-refractivity contribution in [1.29, 1.82) is 0 Å². The van der Waals surface area contributed by atoms with Crippen LogP contribution in [0.15, 0.2) is 42.7 Å². The molecule has 0 atom stereocenters. The van der Waals surface area contributed by atoms with E-state index in [0.717, 1.165) is 39.1 Å². The van der Waals surface area contributed by atoms with Crippen molar-refractivity contribution in [3.8, 4) is 11.1 Å². The molecule has 6 nitrogen and oxygen atoms in total. The van der Waals surface area contributed by atoms with Crippen LogP contribution in [0.1, 0.15) is 25.3 Å². The van der Waals surface area contributed by atoms with E-state index in [4.69, 9.17) is 0 Å². The molecule has 1 saturated heterocycles. The van der Waals surface area contributed by atoms with Gasteiger partial charge in [0.2, 0.25) is 6.41 Å². The molecule has 2 N–H and O–H groups in total. The molecular weight excluding hydrogens is 431 g/mol. The highest BCUT2D eigenvalue weighted by Gasteiger charge is 2.15. The molecule has 1 aromatic carbocycles. The second-order valence-electron chi connectivity index (χ2n) is 7.82. The molecule has 0 radical (unpaired) electrons. The summed E-state index contributed by atoms with van der Waals surface area (Å²) in [5, 5.41) is 6.66. The van der Waals surface area contributed by atoms with Crippen LogP contribution in [0, 0.1) is 6.92 Å². The second kappa shape index (κ2) is 12.2. The lowest BCUT2D eigenvalue weighted by molar-refractivity contribution is -0.110. The second-order valence-corrected chi connectivity index (χ2v) is 7.82. The number of aromatic nitrogens is 2. The van der Waals surface area contributed by atoms with Crippen molar-refractivity contribution in [3.05, 3.63) is 48.3 Å². The van der Waals surface area contributed by atoms with E-state index in [1.54, 1.807) is 6.20 Å². The first-order valence-electron chi connectivity index (χ1n) is 10.6. The zero-order chi connectivity index (χ0) is 24.4. The van der Waals surface area contributed by atoms with Crippen LogP contribution in [0.4, 0.5) is 24.7 Å². The first-order valence-corrected chi connectivity index (χ1v) is 10.6. The molecule has 3 heterocycles. The maximum Gasteiger partial charge on any atom is 0.386 e. The highest BCUT2D eigenvalue weighted by atomic mass is 19.4. The van der Waals surface area contributed by atoms with Gasteiger partial charge >= 0.3 is 6.18 Å². The number of hydrogen-bond acceptors (Lipinski definition) is 5. The smallest absolute Gasteiger partial charge is 0.373 e. The molecule has 0 saturated carbocycles. The number of amides is 1. The fourth-order valence-electron chi connectivity index (χ4n) is 3.27. The summed E-state index contributed by atoms with van der Waals surface area (Å²) in [5.74, 6) is 0.793. The summed E-state index contributed by atoms with van der Waals surface area (Å²) in [6.45, 7) is 4.86. The van der Waals surface area contributed by atoms with E-state index in [-0.39, 0.29) is 6.92 Å². The highest BCUT2D eigenvalue weighted by Crippen LogP contribution is 2.28. The minimum atomic E-state index is -4.00. The number of rotatable bonds is 4. The Morgan fingerprint density at radius 3 is 2.27 bits per heavy atom. The van der Waals surface area contributed by atoms with Crippen molar-refractivity contribution in [3.63, 3.8) is 0 Å². The SMILES string of the molecule is CC(F)(F)F.CN1CCCC1.CNc1cc2ncc(-c3cc(NC=O)ccc3C)cc2cn1. The normalized spacial score (nSPS) is 13.4. The quantitative estimate of drug-likeness (QED) is 0.503. The minimum Gasteiger partial charge on any atom is -0.373 e. The van der Waals surface area contributed by atoms with Crippen LogP contribution in [0.5, 0.6) is 0 Å². The predicted molar refractivity (Wildman–Crippen MR) is 127 cm³/mol. The standard InChI is InChI=1S/C17H16N4O.C5H11N.C2H3F3/c1-11-3-4-14(21-10-22)6-15(11)12-5-13-9-20-17(18-2)7-16(13)19-8-12;1-6-4-2-3-5-6;1-2(3,4)5/h3-10H,1-2H3,(H,18,20)(H,21,22);2-5H2,1H3;1H3. The van der Waals surface area contributed by atoms with E-state index in [1.807, 2.05) is 44.4 Å². The van der Waals surface area contributed by atoms with Crippen LogP contribution < -0.4 is 10.6 Å². The first-order chi connectivity index (χ1) is 15.6. The lowest BCUT2D eigenvalue weighted by Crippen LogP contribution is -2.10. The molecule has 0 spiro atoms. The lowest BCUT2D eigenvalue weighted by atomic mass is 10.0. The van der Waals surface area contributed by atoms with Gasteiger partial charge in [-0.25, -0.2) is 4.98 Å². The van der Waals surface area contributed by atoms with Crippen LogP contribution in [-0.4, -0.2) is 54.6 Å². The molecule has 0 unspecified atom stereocenters. The van der Waals surface area contributed by atoms with Gasteiger partial charge in [0, 0.05) is 49.1 Å². The molecule has 178 valence electrons. The topological polar surface area (TPSA) is 70.2 Å². The van der Waals surface area contributed by atoms with Gasteiger partial charge in [-0.3, -0.25) is 9.78 Å². The molecule has 1 fully saturated rings. The number of hydrogen-bond donors (Lipinski definition) is 2. The van der Waals surface area contributed by atoms with Crippen LogP contribution in [0.3, 0.4) is 0 Å². The van der Waals surface area contributed by atoms with Crippen molar-refractivity contribution in [2.24, 2.45) is 0 Å². The first kappa shape index (κ1) is 26.1. The Kier molecular flexibility index (Phi) is 9.59. The number of nitrogens with zero attached hydrogens (tertiary/aromatic N) is 3. The Morgan fingerprint density at radius 2 is 1.73 bits per heavy atom. The molecule has 1 aliphatic rings. The van der Waals surface area contributed by atoms with Crippen molar-refractivity contribution < 1.29 is 18.0 Å². The Morgan fingerprint density at radius 1 is 1.06 bits per heavy atom. The maximum atomic E-state index is 10.6. The third kappa shape index (κ3) is 9.05. The van der Waals surface area contributed by atoms with Crippen molar-refractivity contribution in [2.75, 3.05) is 37.8 Å². The number of likely N-dealkylation sites (tertiary alicyclic amines) is 1. The monoisotopic (exact) mass is 461 g/mol. The van der Waals surface area contributed by atoms with Gasteiger partial charge in [-0.15, -0.1) is 0 Å². The number of carbonyl (C=O) groups excluding carboxylic acids is 1. The number of fused-ring (bicyclic) bond motifs is 1. The molecule has 9 heteroatoms. The lowest BCUT2D eigenvalue weighted by Gasteiger charge is -2.09. The predicted octanol–water partition coefficient (Wildman–Crippen LogP) is 5.50. The minimum absolute atomic E-state index is 0.188. The molecule has 2 aromatic heterocycles. The summed E-state index contributed by atoms with van der Waals surface area (Å²) in [6.07, 6.45) is 3.15. The Hall–Kier alpha value is -3.20. The van der Waals surface area contributed by atoms with Gasteiger partial charge in [-0.2, -0.15) is 13.2 Å². The van der Waals surface area contributed by atoms with Gasteiger partial charge in [-0.1, -0.05) is 6.07 Å². The summed E-state index contributed by atoms with van der Waals surface area (Å²) >= 11 is 0. The Bertz CT molecular complexity index is 1040. The number of benzene rings is 1. The average molecular weight is 462 g/mol. The van der Waals surface area contributed by atoms with E-state index in [2.05, 4.69) is 38.6 Å². The van der Waals surface area contributed by atoms with Crippen LogP contribution in [-0.2, 0) is 4.79 Å². The number of anilines is 2. The third-order valence-electron chi connectivity index (χ3n) is 4.93. The van der Waals surface area contributed by atoms with Crippen molar-refractivity contribution in [1.82, 2.24) is 14.9 Å². The molecule has 0 aliphatic carbocycles. The van der Waals surface area contributed by atoms with Gasteiger partial charge < -0.3 is 15.5 Å². The maximum absolute atomic E-state index is 10.6. The molecule has 3 aromatic rings. The summed E-state index contributed by atoms with van der Waals surface area (Å²) in [4.78, 5) is 21.8. The van der Waals surface area contributed by atoms with Gasteiger partial charge in [-0.05, 0) is 69.2 Å². The largest absolute Gasteiger partial charge is 0.386 e. The molecule has 1 amide bonds. The fourth-order valence-corrected chi connectivity index (χ4v) is 3.27. The molecule has 33 heavy (non-hydrogen) atoms. The average Bonchev–Trinajstić information content (AvgIpc) is 3.25. The van der Waals surface area contributed by atoms with Crippen molar-refractivity contribution in [2.45, 2.75) is 32.9 Å². The van der Waals surface area contributed by atoms with Gasteiger partial charge in [0.25, 0.3) is 0 Å². The highest BCUT2D eigenvalue weighted by molar-refractivity contribution is 5.86. The number of alkyl halides is 3. The Labute approximate surface area is 192 Å². The van der Waals surface area contributed by atoms with E-state index in [1.165, 1.54) is 25.9 Å². The van der Waals surface area contributed by atoms with Crippen molar-refractivity contribution >= 4 is 28.8 Å². The summed E-state index contributed by atoms with van der Waals surface area (Å²) < 4.78 is 31.1. The van der Waals surface area contributed by atoms with Crippen LogP contribution in [0.25, 0.3) is 22.0 Å². The van der Waals surface area contributed by atoms with E-state index in [0.29, 0.717) is 6.41 Å². The third-order valence-corrected chi connectivity index (χ3v) is 4.93. The fraction of sp³-hybridized carbons (Fsp3) is 0.375. The molecule has 4 rings (SSSR count). The number of nitrogens with one attached hydrogen (secondary N) is 2. The Balaban J connectivity index is 0.000000289. The summed E-state index contributed by atoms with van der Waals surface area (Å²) in [7, 11) is 4.00. The van der Waals surface area contributed by atoms with Crippen LogP contribution >= 0.6 is 0 Å². The summed E-state index contributed by atoms with van der Waals surface area (Å²) in [5.41, 5.74) is 4.82. The van der Waals surface area contributed by atoms with Crippen LogP contribution in [0.2, 0.25) is 0 Å². The number of carbonyl (C=O) groups is 1. The van der Waals surface area contributed by atoms with Gasteiger partial charge in [0.15, 0.2) is 0 Å². The summed E-state index contributed by atoms with van der Waals surface area (Å²) in [6, 6.07) is 9.77. The number of pyridine rings is 2. The van der Waals surface area contributed by atoms with E-state index < -0.39 is 6.18 Å².